The van der Waals surface area contributed by atoms with Gasteiger partial charge in [-0.15, -0.1) is 0 Å². The second-order valence-electron chi connectivity index (χ2n) is 8.18. The molecular weight excluding hydrogens is 376 g/mol. The monoisotopic (exact) mass is 404 g/mol. The number of H-pyrrole nitrogens is 1. The van der Waals surface area contributed by atoms with Crippen molar-refractivity contribution in [2.24, 2.45) is 0 Å². The molecule has 1 aliphatic rings. The van der Waals surface area contributed by atoms with Crippen LogP contribution < -0.4 is 5.32 Å². The number of aromatic nitrogens is 1. The Labute approximate surface area is 176 Å². The Morgan fingerprint density at radius 1 is 1.00 bits per heavy atom. The first kappa shape index (κ1) is 20.2. The minimum absolute atomic E-state index is 0.141. The summed E-state index contributed by atoms with van der Waals surface area (Å²) in [4.78, 5) is 32.0. The minimum Gasteiger partial charge on any atom is -0.361 e. The van der Waals surface area contributed by atoms with Crippen molar-refractivity contribution >= 4 is 22.8 Å². The van der Waals surface area contributed by atoms with Crippen molar-refractivity contribution in [3.05, 3.63) is 71.4 Å². The molecule has 3 aromatic rings. The molecule has 0 spiro atoms. The van der Waals surface area contributed by atoms with Crippen LogP contribution in [0.5, 0.6) is 0 Å². The quantitative estimate of drug-likeness (QED) is 0.567. The summed E-state index contributed by atoms with van der Waals surface area (Å²) in [6.45, 7) is 1.38. The molecule has 1 unspecified atom stereocenters. The Morgan fingerprint density at radius 2 is 1.80 bits per heavy atom. The van der Waals surface area contributed by atoms with Gasteiger partial charge in [0.25, 0.3) is 5.91 Å². The molecule has 0 saturated carbocycles. The van der Waals surface area contributed by atoms with Crippen LogP contribution in [0.2, 0.25) is 0 Å². The molecule has 1 atom stereocenters. The van der Waals surface area contributed by atoms with Crippen molar-refractivity contribution in [1.82, 2.24) is 20.1 Å². The summed E-state index contributed by atoms with van der Waals surface area (Å²) in [6, 6.07) is 15.3. The number of fused-ring (bicyclic) bond motifs is 1. The Hall–Kier alpha value is -3.12. The van der Waals surface area contributed by atoms with Gasteiger partial charge in [0.2, 0.25) is 0 Å². The molecule has 6 nitrogen and oxygen atoms in total. The molecule has 0 bridgehead atoms. The summed E-state index contributed by atoms with van der Waals surface area (Å²) < 4.78 is 0. The van der Waals surface area contributed by atoms with Crippen molar-refractivity contribution in [3.8, 4) is 0 Å². The van der Waals surface area contributed by atoms with Crippen LogP contribution in [0.1, 0.15) is 16.7 Å². The van der Waals surface area contributed by atoms with E-state index in [-0.39, 0.29) is 11.9 Å². The van der Waals surface area contributed by atoms with Crippen LogP contribution in [0.25, 0.3) is 10.9 Å². The van der Waals surface area contributed by atoms with E-state index in [1.165, 1.54) is 15.8 Å². The molecule has 1 saturated heterocycles. The van der Waals surface area contributed by atoms with E-state index < -0.39 is 6.04 Å². The predicted molar refractivity (Wildman–Crippen MR) is 118 cm³/mol. The zero-order valence-corrected chi connectivity index (χ0v) is 17.5. The van der Waals surface area contributed by atoms with E-state index in [1.807, 2.05) is 30.3 Å². The van der Waals surface area contributed by atoms with Gasteiger partial charge in [0.1, 0.15) is 6.04 Å². The number of amides is 3. The highest BCUT2D eigenvalue weighted by Crippen LogP contribution is 2.21. The largest absolute Gasteiger partial charge is 0.361 e. The fraction of sp³-hybridized carbons (Fsp3) is 0.333. The Kier molecular flexibility index (Phi) is 5.86. The number of aromatic amines is 1. The van der Waals surface area contributed by atoms with E-state index in [0.29, 0.717) is 19.4 Å². The molecule has 6 heteroatoms. The van der Waals surface area contributed by atoms with Gasteiger partial charge in [0.15, 0.2) is 0 Å². The van der Waals surface area contributed by atoms with Crippen molar-refractivity contribution in [3.63, 3.8) is 0 Å². The van der Waals surface area contributed by atoms with E-state index >= 15 is 0 Å². The Balaban J connectivity index is 1.41. The van der Waals surface area contributed by atoms with E-state index in [0.717, 1.165) is 29.6 Å². The number of likely N-dealkylation sites (N-methyl/N-ethyl adjacent to an activating group) is 1. The Bertz CT molecular complexity index is 1040. The lowest BCUT2D eigenvalue weighted by Crippen LogP contribution is -2.33. The number of hydrogen-bond acceptors (Lipinski definition) is 3. The third-order valence-corrected chi connectivity index (χ3v) is 5.67. The maximum Gasteiger partial charge on any atom is 0.324 e. The van der Waals surface area contributed by atoms with Gasteiger partial charge in [0.05, 0.1) is 0 Å². The third-order valence-electron chi connectivity index (χ3n) is 5.67. The number of nitrogens with one attached hydrogen (secondary N) is 2. The zero-order chi connectivity index (χ0) is 21.1. The summed E-state index contributed by atoms with van der Waals surface area (Å²) in [5, 5.41) is 4.04. The number of benzene rings is 2. The number of rotatable bonds is 8. The normalized spacial score (nSPS) is 16.6. The number of imide groups is 1. The van der Waals surface area contributed by atoms with Crippen LogP contribution in [-0.4, -0.2) is 59.9 Å². The van der Waals surface area contributed by atoms with Crippen molar-refractivity contribution < 1.29 is 9.59 Å². The standard InChI is InChI=1S/C24H28N4O2/c1-27(2)12-11-19-16-25-21-9-8-18(14-20(19)21)10-13-28-23(29)22(26-24(28)30)15-17-6-4-3-5-7-17/h3-9,14,16,22,25H,10-13,15H2,1-2H3,(H,26,30). The van der Waals surface area contributed by atoms with E-state index in [9.17, 15) is 9.59 Å². The average Bonchev–Trinajstić information content (AvgIpc) is 3.26. The third kappa shape index (κ3) is 4.39. The second-order valence-corrected chi connectivity index (χ2v) is 8.18. The first-order chi connectivity index (χ1) is 14.5. The molecule has 0 radical (unpaired) electrons. The van der Waals surface area contributed by atoms with E-state index in [4.69, 9.17) is 0 Å². The highest BCUT2D eigenvalue weighted by Gasteiger charge is 2.37. The van der Waals surface area contributed by atoms with Gasteiger partial charge in [0, 0.05) is 36.6 Å². The highest BCUT2D eigenvalue weighted by molar-refractivity contribution is 6.04. The minimum atomic E-state index is -0.482. The fourth-order valence-corrected chi connectivity index (χ4v) is 3.95. The molecule has 4 rings (SSSR count). The topological polar surface area (TPSA) is 68.4 Å². The maximum atomic E-state index is 12.7. The summed E-state index contributed by atoms with van der Waals surface area (Å²) in [5.74, 6) is -0.141. The summed E-state index contributed by atoms with van der Waals surface area (Å²) in [6.07, 6.45) is 4.21. The van der Waals surface area contributed by atoms with Crippen LogP contribution >= 0.6 is 0 Å². The number of carbonyl (C=O) groups is 2. The summed E-state index contributed by atoms with van der Waals surface area (Å²) in [7, 11) is 4.15. The lowest BCUT2D eigenvalue weighted by Gasteiger charge is -2.13. The smallest absolute Gasteiger partial charge is 0.324 e. The van der Waals surface area contributed by atoms with Crippen molar-refractivity contribution in [2.45, 2.75) is 25.3 Å². The lowest BCUT2D eigenvalue weighted by molar-refractivity contribution is -0.127. The molecule has 2 aromatic carbocycles. The van der Waals surface area contributed by atoms with Gasteiger partial charge >= 0.3 is 6.03 Å². The first-order valence-electron chi connectivity index (χ1n) is 10.4. The van der Waals surface area contributed by atoms with Gasteiger partial charge in [-0.25, -0.2) is 4.79 Å². The van der Waals surface area contributed by atoms with Crippen LogP contribution in [0.4, 0.5) is 4.79 Å². The molecule has 2 heterocycles. The van der Waals surface area contributed by atoms with Crippen molar-refractivity contribution in [1.29, 1.82) is 0 Å². The highest BCUT2D eigenvalue weighted by atomic mass is 16.2. The van der Waals surface area contributed by atoms with Gasteiger partial charge in [-0.3, -0.25) is 9.69 Å². The summed E-state index contributed by atoms with van der Waals surface area (Å²) in [5.41, 5.74) is 4.57. The molecule has 2 N–H and O–H groups in total. The van der Waals surface area contributed by atoms with Gasteiger partial charge in [-0.1, -0.05) is 36.4 Å². The van der Waals surface area contributed by atoms with Crippen LogP contribution in [0.15, 0.2) is 54.7 Å². The molecule has 30 heavy (non-hydrogen) atoms. The van der Waals surface area contributed by atoms with Crippen LogP contribution in [0, 0.1) is 0 Å². The molecular formula is C24H28N4O2. The van der Waals surface area contributed by atoms with E-state index in [2.05, 4.69) is 53.7 Å². The molecule has 1 aromatic heterocycles. The molecule has 1 aliphatic heterocycles. The molecule has 1 fully saturated rings. The van der Waals surface area contributed by atoms with Crippen LogP contribution in [0.3, 0.4) is 0 Å². The number of hydrogen-bond donors (Lipinski definition) is 2. The number of nitrogens with zero attached hydrogens (tertiary/aromatic N) is 2. The first-order valence-corrected chi connectivity index (χ1v) is 10.4. The maximum absolute atomic E-state index is 12.7. The van der Waals surface area contributed by atoms with Crippen LogP contribution in [-0.2, 0) is 24.1 Å². The second kappa shape index (κ2) is 8.71. The van der Waals surface area contributed by atoms with Gasteiger partial charge in [-0.2, -0.15) is 0 Å². The predicted octanol–water partition coefficient (Wildman–Crippen LogP) is 2.98. The van der Waals surface area contributed by atoms with Gasteiger partial charge < -0.3 is 15.2 Å². The fourth-order valence-electron chi connectivity index (χ4n) is 3.95. The molecule has 3 amide bonds. The number of urea groups is 1. The Morgan fingerprint density at radius 3 is 2.57 bits per heavy atom. The number of carbonyl (C=O) groups excluding carboxylic acids is 2. The molecule has 156 valence electrons. The zero-order valence-electron chi connectivity index (χ0n) is 17.5. The SMILES string of the molecule is CN(C)CCc1c[nH]c2ccc(CCN3C(=O)NC(Cc4ccccc4)C3=O)cc12. The van der Waals surface area contributed by atoms with Gasteiger partial charge in [-0.05, 0) is 55.8 Å². The average molecular weight is 405 g/mol. The lowest BCUT2D eigenvalue weighted by atomic mass is 10.0. The molecule has 0 aliphatic carbocycles. The van der Waals surface area contributed by atoms with Crippen molar-refractivity contribution in [2.75, 3.05) is 27.2 Å². The summed E-state index contributed by atoms with van der Waals surface area (Å²) >= 11 is 0. The van der Waals surface area contributed by atoms with E-state index in [1.54, 1.807) is 0 Å².